The maximum Gasteiger partial charge on any atom is 0.178 e. The molecule has 4 rings (SSSR count). The highest BCUT2D eigenvalue weighted by Crippen LogP contribution is 2.65. The Labute approximate surface area is 123 Å². The van der Waals surface area contributed by atoms with Crippen LogP contribution in [0.5, 0.6) is 0 Å². The van der Waals surface area contributed by atoms with Crippen LogP contribution in [0.1, 0.15) is 49.7 Å². The molecule has 0 amide bonds. The predicted molar refractivity (Wildman–Crippen MR) is 80.8 cm³/mol. The Morgan fingerprint density at radius 1 is 0.952 bits per heavy atom. The first-order valence-corrected chi connectivity index (χ1v) is 7.31. The molecule has 0 N–H and O–H groups in total. The molecule has 0 heterocycles. The number of Topliss-reactive ketones (excluding diaryl/α,β-unsaturated/α-hetero) is 2. The quantitative estimate of drug-likeness (QED) is 0.741. The van der Waals surface area contributed by atoms with Crippen molar-refractivity contribution in [2.24, 2.45) is 5.41 Å². The smallest absolute Gasteiger partial charge is 0.178 e. The van der Waals surface area contributed by atoms with Crippen LogP contribution in [0.2, 0.25) is 0 Å². The van der Waals surface area contributed by atoms with Crippen molar-refractivity contribution in [2.75, 3.05) is 0 Å². The zero-order chi connectivity index (χ0) is 14.8. The lowest BCUT2D eigenvalue weighted by Crippen LogP contribution is -2.19. The molecule has 1 spiro atoms. The first kappa shape index (κ1) is 12.5. The van der Waals surface area contributed by atoms with Crippen molar-refractivity contribution in [1.29, 1.82) is 0 Å². The molecule has 1 unspecified atom stereocenters. The molecule has 2 aromatic carbocycles. The van der Waals surface area contributed by atoms with Gasteiger partial charge in [0.2, 0.25) is 0 Å². The van der Waals surface area contributed by atoms with E-state index in [9.17, 15) is 9.59 Å². The van der Waals surface area contributed by atoms with Crippen LogP contribution in [-0.4, -0.2) is 11.6 Å². The van der Waals surface area contributed by atoms with Crippen molar-refractivity contribution in [3.8, 4) is 0 Å². The zero-order valence-electron chi connectivity index (χ0n) is 12.1. The lowest BCUT2D eigenvalue weighted by molar-refractivity contribution is 0.0809. The third kappa shape index (κ3) is 1.48. The minimum absolute atomic E-state index is 0.0222. The second-order valence-corrected chi connectivity index (χ2v) is 6.29. The number of hydrogen-bond acceptors (Lipinski definition) is 2. The van der Waals surface area contributed by atoms with Crippen molar-refractivity contribution < 1.29 is 9.59 Å². The van der Waals surface area contributed by atoms with Crippen molar-refractivity contribution >= 4 is 11.6 Å². The van der Waals surface area contributed by atoms with Gasteiger partial charge in [-0.25, -0.2) is 0 Å². The van der Waals surface area contributed by atoms with E-state index in [1.807, 2.05) is 19.1 Å². The minimum atomic E-state index is -0.803. The molecule has 2 aromatic rings. The van der Waals surface area contributed by atoms with Crippen LogP contribution < -0.4 is 0 Å². The van der Waals surface area contributed by atoms with Gasteiger partial charge in [0.05, 0.1) is 0 Å². The second-order valence-electron chi connectivity index (χ2n) is 6.29. The average Bonchev–Trinajstić information content (AvgIpc) is 3.20. The standard InChI is InChI=1S/C19H16O2/c1-11-7-8-12(2)15(9-11)16-10-19(16)17(20)13-5-3-4-6-14(13)18(19)21/h3-9,16H,10H2,1-2H3. The van der Waals surface area contributed by atoms with E-state index in [1.54, 1.807) is 12.1 Å². The molecule has 1 atom stereocenters. The summed E-state index contributed by atoms with van der Waals surface area (Å²) >= 11 is 0. The molecule has 2 nitrogen and oxygen atoms in total. The van der Waals surface area contributed by atoms with Gasteiger partial charge in [-0.05, 0) is 31.4 Å². The van der Waals surface area contributed by atoms with Gasteiger partial charge in [0.25, 0.3) is 0 Å². The Morgan fingerprint density at radius 3 is 2.19 bits per heavy atom. The molecule has 0 radical (unpaired) electrons. The molecular weight excluding hydrogens is 260 g/mol. The van der Waals surface area contributed by atoms with Crippen LogP contribution >= 0.6 is 0 Å². The molecule has 0 aromatic heterocycles. The number of ketones is 2. The Balaban J connectivity index is 1.82. The maximum absolute atomic E-state index is 12.8. The minimum Gasteiger partial charge on any atom is -0.293 e. The van der Waals surface area contributed by atoms with E-state index in [1.165, 1.54) is 11.1 Å². The van der Waals surface area contributed by atoms with Crippen LogP contribution in [0.4, 0.5) is 0 Å². The summed E-state index contributed by atoms with van der Waals surface area (Å²) in [4.78, 5) is 25.5. The highest BCUT2D eigenvalue weighted by molar-refractivity contribution is 6.32. The van der Waals surface area contributed by atoms with E-state index in [2.05, 4.69) is 25.1 Å². The van der Waals surface area contributed by atoms with Crippen LogP contribution in [0.15, 0.2) is 42.5 Å². The fourth-order valence-electron chi connectivity index (χ4n) is 3.74. The van der Waals surface area contributed by atoms with E-state index in [0.29, 0.717) is 17.5 Å². The highest BCUT2D eigenvalue weighted by atomic mass is 16.2. The van der Waals surface area contributed by atoms with Crippen molar-refractivity contribution in [2.45, 2.75) is 26.2 Å². The number of rotatable bonds is 1. The third-order valence-corrected chi connectivity index (χ3v) is 5.00. The molecule has 0 bridgehead atoms. The lowest BCUT2D eigenvalue weighted by Gasteiger charge is -2.10. The van der Waals surface area contributed by atoms with Crippen LogP contribution in [0.25, 0.3) is 0 Å². The van der Waals surface area contributed by atoms with Crippen molar-refractivity contribution in [3.63, 3.8) is 0 Å². The van der Waals surface area contributed by atoms with E-state index in [0.717, 1.165) is 5.56 Å². The average molecular weight is 276 g/mol. The monoisotopic (exact) mass is 276 g/mol. The molecule has 2 aliphatic carbocycles. The molecular formula is C19H16O2. The molecule has 1 saturated carbocycles. The molecule has 2 heteroatoms. The highest BCUT2D eigenvalue weighted by Gasteiger charge is 2.69. The van der Waals surface area contributed by atoms with Crippen LogP contribution in [0, 0.1) is 19.3 Å². The van der Waals surface area contributed by atoms with E-state index in [4.69, 9.17) is 0 Å². The molecule has 0 saturated heterocycles. The fraction of sp³-hybridized carbons (Fsp3) is 0.263. The summed E-state index contributed by atoms with van der Waals surface area (Å²) in [6.45, 7) is 4.10. The number of carbonyl (C=O) groups is 2. The van der Waals surface area contributed by atoms with Gasteiger partial charge in [-0.2, -0.15) is 0 Å². The third-order valence-electron chi connectivity index (χ3n) is 5.00. The fourth-order valence-corrected chi connectivity index (χ4v) is 3.74. The maximum atomic E-state index is 12.8. The molecule has 2 aliphatic rings. The topological polar surface area (TPSA) is 34.1 Å². The number of aryl methyl sites for hydroxylation is 2. The first-order chi connectivity index (χ1) is 10.1. The number of fused-ring (bicyclic) bond motifs is 1. The molecule has 21 heavy (non-hydrogen) atoms. The van der Waals surface area contributed by atoms with Crippen LogP contribution in [-0.2, 0) is 0 Å². The van der Waals surface area contributed by atoms with Gasteiger partial charge in [0.1, 0.15) is 5.41 Å². The SMILES string of the molecule is Cc1ccc(C)c(C2CC23C(=O)c2ccccc2C3=O)c1. The van der Waals surface area contributed by atoms with Gasteiger partial charge in [0, 0.05) is 17.0 Å². The summed E-state index contributed by atoms with van der Waals surface area (Å²) in [5.41, 5.74) is 3.91. The Bertz CT molecular complexity index is 766. The van der Waals surface area contributed by atoms with E-state index in [-0.39, 0.29) is 17.5 Å². The second kappa shape index (κ2) is 3.91. The van der Waals surface area contributed by atoms with Crippen LogP contribution in [0.3, 0.4) is 0 Å². The summed E-state index contributed by atoms with van der Waals surface area (Å²) in [5.74, 6) is 0.0906. The van der Waals surface area contributed by atoms with Gasteiger partial charge in [0.15, 0.2) is 11.6 Å². The van der Waals surface area contributed by atoms with Gasteiger partial charge in [-0.1, -0.05) is 48.0 Å². The summed E-state index contributed by atoms with van der Waals surface area (Å²) in [6, 6.07) is 13.5. The summed E-state index contributed by atoms with van der Waals surface area (Å²) < 4.78 is 0. The van der Waals surface area contributed by atoms with Gasteiger partial charge >= 0.3 is 0 Å². The molecule has 0 aliphatic heterocycles. The van der Waals surface area contributed by atoms with E-state index < -0.39 is 5.41 Å². The number of benzene rings is 2. The lowest BCUT2D eigenvalue weighted by atomic mass is 9.91. The molecule has 104 valence electrons. The zero-order valence-corrected chi connectivity index (χ0v) is 12.1. The first-order valence-electron chi connectivity index (χ1n) is 7.31. The Hall–Kier alpha value is -2.22. The Kier molecular flexibility index (Phi) is 2.33. The van der Waals surface area contributed by atoms with Gasteiger partial charge in [-0.3, -0.25) is 9.59 Å². The van der Waals surface area contributed by atoms with Gasteiger partial charge < -0.3 is 0 Å². The van der Waals surface area contributed by atoms with Crippen molar-refractivity contribution in [1.82, 2.24) is 0 Å². The largest absolute Gasteiger partial charge is 0.293 e. The number of hydrogen-bond donors (Lipinski definition) is 0. The Morgan fingerprint density at radius 2 is 1.57 bits per heavy atom. The summed E-state index contributed by atoms with van der Waals surface area (Å²) in [7, 11) is 0. The van der Waals surface area contributed by atoms with Crippen molar-refractivity contribution in [3.05, 3.63) is 70.3 Å². The normalized spacial score (nSPS) is 21.7. The predicted octanol–water partition coefficient (Wildman–Crippen LogP) is 3.86. The number of carbonyl (C=O) groups excluding carboxylic acids is 2. The summed E-state index contributed by atoms with van der Waals surface area (Å²) in [6.07, 6.45) is 0.656. The van der Waals surface area contributed by atoms with E-state index >= 15 is 0 Å². The van der Waals surface area contributed by atoms with Gasteiger partial charge in [-0.15, -0.1) is 0 Å². The summed E-state index contributed by atoms with van der Waals surface area (Å²) in [5, 5.41) is 0. The molecule has 1 fully saturated rings.